The summed E-state index contributed by atoms with van der Waals surface area (Å²) in [5.74, 6) is 2.03. The molecule has 4 rings (SSSR count). The first-order valence-electron chi connectivity index (χ1n) is 8.77. The number of nitrogens with zero attached hydrogens (tertiary/aromatic N) is 3. The van der Waals surface area contributed by atoms with Crippen LogP contribution in [-0.2, 0) is 4.79 Å². The van der Waals surface area contributed by atoms with Gasteiger partial charge >= 0.3 is 0 Å². The minimum Gasteiger partial charge on any atom is -0.486 e. The summed E-state index contributed by atoms with van der Waals surface area (Å²) in [5, 5.41) is 6.13. The highest BCUT2D eigenvalue weighted by atomic mass is 16.6. The second kappa shape index (κ2) is 7.48. The van der Waals surface area contributed by atoms with Crippen LogP contribution < -0.4 is 20.1 Å². The van der Waals surface area contributed by atoms with Gasteiger partial charge in [-0.2, -0.15) is 0 Å². The van der Waals surface area contributed by atoms with Crippen molar-refractivity contribution in [2.75, 3.05) is 25.1 Å². The summed E-state index contributed by atoms with van der Waals surface area (Å²) in [6, 6.07) is 5.59. The minimum absolute atomic E-state index is 0.0557. The largest absolute Gasteiger partial charge is 0.486 e. The summed E-state index contributed by atoms with van der Waals surface area (Å²) < 4.78 is 11.1. The van der Waals surface area contributed by atoms with Crippen molar-refractivity contribution in [2.24, 2.45) is 0 Å². The van der Waals surface area contributed by atoms with Gasteiger partial charge in [-0.3, -0.25) is 4.79 Å². The molecule has 1 unspecified atom stereocenters. The number of anilines is 1. The molecule has 1 amide bonds. The molecule has 2 aromatic heterocycles. The number of rotatable bonds is 6. The van der Waals surface area contributed by atoms with Gasteiger partial charge < -0.3 is 25.1 Å². The van der Waals surface area contributed by atoms with E-state index in [1.54, 1.807) is 6.33 Å². The summed E-state index contributed by atoms with van der Waals surface area (Å²) in [5.41, 5.74) is 2.28. The highest BCUT2D eigenvalue weighted by Gasteiger charge is 2.16. The molecular formula is C18H20N6O3. The van der Waals surface area contributed by atoms with E-state index in [1.165, 1.54) is 6.33 Å². The Morgan fingerprint density at radius 1 is 1.22 bits per heavy atom. The van der Waals surface area contributed by atoms with Crippen LogP contribution in [0.25, 0.3) is 11.2 Å². The van der Waals surface area contributed by atoms with Crippen molar-refractivity contribution in [3.05, 3.63) is 36.4 Å². The van der Waals surface area contributed by atoms with Crippen LogP contribution in [0.15, 0.2) is 30.9 Å². The number of benzene rings is 1. The van der Waals surface area contributed by atoms with E-state index in [-0.39, 0.29) is 11.9 Å². The quantitative estimate of drug-likeness (QED) is 0.608. The van der Waals surface area contributed by atoms with Crippen molar-refractivity contribution >= 4 is 22.9 Å². The Hall–Kier alpha value is -3.36. The van der Waals surface area contributed by atoms with E-state index in [4.69, 9.17) is 9.47 Å². The molecule has 0 saturated heterocycles. The molecule has 9 nitrogen and oxygen atoms in total. The molecule has 0 fully saturated rings. The third-order valence-corrected chi connectivity index (χ3v) is 4.31. The van der Waals surface area contributed by atoms with Crippen molar-refractivity contribution in [2.45, 2.75) is 19.4 Å². The molecule has 140 valence electrons. The van der Waals surface area contributed by atoms with Crippen LogP contribution in [0, 0.1) is 0 Å². The fraction of sp³-hybridized carbons (Fsp3) is 0.333. The Balaban J connectivity index is 1.31. The number of ether oxygens (including phenoxy) is 2. The molecule has 27 heavy (non-hydrogen) atoms. The lowest BCUT2D eigenvalue weighted by Crippen LogP contribution is -2.28. The smallest absolute Gasteiger partial charge is 0.222 e. The van der Waals surface area contributed by atoms with Gasteiger partial charge in [-0.1, -0.05) is 6.07 Å². The fourth-order valence-corrected chi connectivity index (χ4v) is 2.92. The summed E-state index contributed by atoms with van der Waals surface area (Å²) in [7, 11) is 0. The predicted molar refractivity (Wildman–Crippen MR) is 98.8 cm³/mol. The molecule has 0 aliphatic carbocycles. The molecule has 0 radical (unpaired) electrons. The number of aromatic nitrogens is 4. The maximum absolute atomic E-state index is 12.3. The van der Waals surface area contributed by atoms with E-state index in [9.17, 15) is 4.79 Å². The van der Waals surface area contributed by atoms with Crippen LogP contribution in [0.1, 0.15) is 24.9 Å². The zero-order valence-electron chi connectivity index (χ0n) is 14.9. The molecule has 3 N–H and O–H groups in total. The Morgan fingerprint density at radius 3 is 2.96 bits per heavy atom. The Kier molecular flexibility index (Phi) is 4.73. The topological polar surface area (TPSA) is 114 Å². The van der Waals surface area contributed by atoms with Crippen LogP contribution in [0.3, 0.4) is 0 Å². The standard InChI is InChI=1S/C18H20N6O3/c1-11(12-2-3-13-14(8-12)27-7-6-26-13)24-15(25)4-5-19-17-16-18(21-9-20-16)23-10-22-17/h2-3,8-11H,4-7H2,1H3,(H,24,25)(H2,19,20,21,22,23). The van der Waals surface area contributed by atoms with Gasteiger partial charge in [0.05, 0.1) is 12.4 Å². The molecule has 0 spiro atoms. The maximum atomic E-state index is 12.3. The van der Waals surface area contributed by atoms with Crippen LogP contribution in [0.5, 0.6) is 11.5 Å². The zero-order chi connectivity index (χ0) is 18.6. The third-order valence-electron chi connectivity index (χ3n) is 4.31. The summed E-state index contributed by atoms with van der Waals surface area (Å²) >= 11 is 0. The second-order valence-corrected chi connectivity index (χ2v) is 6.19. The van der Waals surface area contributed by atoms with Gasteiger partial charge in [0.15, 0.2) is 23.0 Å². The van der Waals surface area contributed by atoms with Crippen molar-refractivity contribution in [1.82, 2.24) is 25.3 Å². The number of carbonyl (C=O) groups excluding carboxylic acids is 1. The molecule has 1 aliphatic rings. The van der Waals surface area contributed by atoms with Crippen molar-refractivity contribution in [3.63, 3.8) is 0 Å². The Morgan fingerprint density at radius 2 is 2.07 bits per heavy atom. The van der Waals surface area contributed by atoms with E-state index >= 15 is 0 Å². The van der Waals surface area contributed by atoms with Crippen LogP contribution in [-0.4, -0.2) is 45.6 Å². The van der Waals surface area contributed by atoms with Gasteiger partial charge in [0.1, 0.15) is 25.1 Å². The van der Waals surface area contributed by atoms with Crippen LogP contribution in [0.2, 0.25) is 0 Å². The molecule has 3 aromatic rings. The number of H-pyrrole nitrogens is 1. The number of nitrogens with one attached hydrogen (secondary N) is 3. The number of fused-ring (bicyclic) bond motifs is 2. The number of amides is 1. The van der Waals surface area contributed by atoms with Gasteiger partial charge in [0.2, 0.25) is 5.91 Å². The van der Waals surface area contributed by atoms with E-state index in [0.717, 1.165) is 16.8 Å². The molecule has 1 atom stereocenters. The summed E-state index contributed by atoms with van der Waals surface area (Å²) in [6.45, 7) is 3.48. The first kappa shape index (κ1) is 17.1. The van der Waals surface area contributed by atoms with Gasteiger partial charge in [-0.05, 0) is 24.6 Å². The maximum Gasteiger partial charge on any atom is 0.222 e. The number of hydrogen-bond donors (Lipinski definition) is 3. The van der Waals surface area contributed by atoms with Crippen molar-refractivity contribution < 1.29 is 14.3 Å². The number of aromatic amines is 1. The van der Waals surface area contributed by atoms with E-state index in [1.807, 2.05) is 25.1 Å². The van der Waals surface area contributed by atoms with Gasteiger partial charge in [0, 0.05) is 13.0 Å². The van der Waals surface area contributed by atoms with Crippen LogP contribution >= 0.6 is 0 Å². The number of carbonyl (C=O) groups is 1. The lowest BCUT2D eigenvalue weighted by Gasteiger charge is -2.21. The molecule has 0 bridgehead atoms. The molecule has 3 heterocycles. The van der Waals surface area contributed by atoms with E-state index in [0.29, 0.717) is 43.4 Å². The summed E-state index contributed by atoms with van der Waals surface area (Å²) in [4.78, 5) is 27.6. The van der Waals surface area contributed by atoms with Crippen molar-refractivity contribution in [3.8, 4) is 11.5 Å². The normalized spacial score (nSPS) is 14.0. The molecule has 0 saturated carbocycles. The van der Waals surface area contributed by atoms with Gasteiger partial charge in [-0.15, -0.1) is 0 Å². The molecule has 1 aromatic carbocycles. The van der Waals surface area contributed by atoms with Crippen LogP contribution in [0.4, 0.5) is 5.82 Å². The number of imidazole rings is 1. The Labute approximate surface area is 155 Å². The highest BCUT2D eigenvalue weighted by Crippen LogP contribution is 2.32. The molecule has 1 aliphatic heterocycles. The summed E-state index contributed by atoms with van der Waals surface area (Å²) in [6.07, 6.45) is 3.32. The lowest BCUT2D eigenvalue weighted by atomic mass is 10.1. The monoisotopic (exact) mass is 368 g/mol. The first-order chi connectivity index (χ1) is 13.2. The van der Waals surface area contributed by atoms with Gasteiger partial charge in [-0.25, -0.2) is 15.0 Å². The first-order valence-corrected chi connectivity index (χ1v) is 8.77. The predicted octanol–water partition coefficient (Wildman–Crippen LogP) is 1.80. The highest BCUT2D eigenvalue weighted by molar-refractivity contribution is 5.82. The fourth-order valence-electron chi connectivity index (χ4n) is 2.92. The second-order valence-electron chi connectivity index (χ2n) is 6.19. The number of hydrogen-bond acceptors (Lipinski definition) is 7. The zero-order valence-corrected chi connectivity index (χ0v) is 14.9. The molecular weight excluding hydrogens is 348 g/mol. The lowest BCUT2D eigenvalue weighted by molar-refractivity contribution is -0.121. The van der Waals surface area contributed by atoms with E-state index < -0.39 is 0 Å². The average molecular weight is 368 g/mol. The SMILES string of the molecule is CC(NC(=O)CCNc1ncnc2nc[nH]c12)c1ccc2c(c1)OCCO2. The minimum atomic E-state index is -0.133. The van der Waals surface area contributed by atoms with E-state index in [2.05, 4.69) is 30.6 Å². The Bertz CT molecular complexity index is 957. The van der Waals surface area contributed by atoms with Crippen molar-refractivity contribution in [1.29, 1.82) is 0 Å². The van der Waals surface area contributed by atoms with Gasteiger partial charge in [0.25, 0.3) is 0 Å². The average Bonchev–Trinajstić information content (AvgIpc) is 3.17. The third kappa shape index (κ3) is 3.76. The molecule has 9 heteroatoms.